The largest absolute Gasteiger partial charge is 0.379 e. The summed E-state index contributed by atoms with van der Waals surface area (Å²) in [5, 5.41) is 5.66. The maximum atomic E-state index is 12.9. The van der Waals surface area contributed by atoms with Crippen molar-refractivity contribution >= 4 is 23.4 Å². The first-order valence-corrected chi connectivity index (χ1v) is 9.20. The van der Waals surface area contributed by atoms with Crippen molar-refractivity contribution < 1.29 is 14.4 Å². The average Bonchev–Trinajstić information content (AvgIpc) is 3.04. The summed E-state index contributed by atoms with van der Waals surface area (Å²) in [6.45, 7) is 1.27. The second kappa shape index (κ2) is 7.40. The minimum Gasteiger partial charge on any atom is -0.379 e. The highest BCUT2D eigenvalue weighted by Crippen LogP contribution is 2.30. The van der Waals surface area contributed by atoms with Gasteiger partial charge in [-0.15, -0.1) is 0 Å². The Bertz CT molecular complexity index is 959. The van der Waals surface area contributed by atoms with Crippen LogP contribution in [0.1, 0.15) is 39.9 Å². The summed E-state index contributed by atoms with van der Waals surface area (Å²) in [6.07, 6.45) is 4.03. The Balaban J connectivity index is 1.54. The molecule has 1 saturated heterocycles. The van der Waals surface area contributed by atoms with E-state index in [1.165, 1.54) is 0 Å². The summed E-state index contributed by atoms with van der Waals surface area (Å²) in [6, 6.07) is 6.84. The van der Waals surface area contributed by atoms with E-state index in [2.05, 4.69) is 15.6 Å². The lowest BCUT2D eigenvalue weighted by Crippen LogP contribution is -2.52. The number of nitrogens with zero attached hydrogens (tertiary/aromatic N) is 2. The highest BCUT2D eigenvalue weighted by molar-refractivity contribution is 6.05. The number of anilines is 1. The highest BCUT2D eigenvalue weighted by Gasteiger charge is 2.39. The van der Waals surface area contributed by atoms with Crippen molar-refractivity contribution in [1.29, 1.82) is 0 Å². The molecule has 3 amide bonds. The molecule has 1 unspecified atom stereocenters. The van der Waals surface area contributed by atoms with Crippen LogP contribution in [-0.4, -0.2) is 33.6 Å². The van der Waals surface area contributed by atoms with Gasteiger partial charge in [0.2, 0.25) is 11.8 Å². The van der Waals surface area contributed by atoms with E-state index in [0.717, 1.165) is 22.4 Å². The van der Waals surface area contributed by atoms with Crippen LogP contribution in [0.25, 0.3) is 0 Å². The van der Waals surface area contributed by atoms with Gasteiger partial charge in [0.25, 0.3) is 5.91 Å². The lowest BCUT2D eigenvalue weighted by Gasteiger charge is -2.29. The van der Waals surface area contributed by atoms with Gasteiger partial charge in [-0.3, -0.25) is 24.7 Å². The number of amides is 3. The molecule has 28 heavy (non-hydrogen) atoms. The monoisotopic (exact) mass is 379 g/mol. The van der Waals surface area contributed by atoms with Crippen LogP contribution in [0.15, 0.2) is 36.7 Å². The molecule has 1 fully saturated rings. The molecule has 8 nitrogen and oxygen atoms in total. The van der Waals surface area contributed by atoms with Crippen molar-refractivity contribution in [3.05, 3.63) is 58.9 Å². The van der Waals surface area contributed by atoms with Crippen LogP contribution in [-0.2, 0) is 29.2 Å². The third-order valence-corrected chi connectivity index (χ3v) is 5.28. The number of pyridine rings is 1. The Morgan fingerprint density at radius 1 is 1.21 bits per heavy atom. The van der Waals surface area contributed by atoms with Crippen LogP contribution < -0.4 is 16.4 Å². The summed E-state index contributed by atoms with van der Waals surface area (Å²) in [4.78, 5) is 42.2. The minimum atomic E-state index is -0.611. The van der Waals surface area contributed by atoms with Gasteiger partial charge >= 0.3 is 0 Å². The predicted octanol–water partition coefficient (Wildman–Crippen LogP) is 0.913. The normalized spacial score (nSPS) is 18.8. The molecule has 0 radical (unpaired) electrons. The standard InChI is InChI=1S/C20H21N5O3/c21-8-12-6-7-22-10-16(12)23-9-13-2-1-3-14-15(13)11-25(20(14)28)17-4-5-18(26)24-19(17)27/h1-3,6-7,10,17,23H,4-5,8-9,11,21H2,(H,24,26,27). The molecule has 4 rings (SSSR count). The zero-order valence-electron chi connectivity index (χ0n) is 15.3. The van der Waals surface area contributed by atoms with Gasteiger partial charge in [0.15, 0.2) is 0 Å². The number of nitrogens with two attached hydrogens (primary N) is 1. The van der Waals surface area contributed by atoms with E-state index in [9.17, 15) is 14.4 Å². The van der Waals surface area contributed by atoms with E-state index in [0.29, 0.717) is 31.6 Å². The molecule has 8 heteroatoms. The summed E-state index contributed by atoms with van der Waals surface area (Å²) in [5.41, 5.74) is 10.1. The molecule has 144 valence electrons. The Kier molecular flexibility index (Phi) is 4.79. The lowest BCUT2D eigenvalue weighted by molar-refractivity contribution is -0.136. The van der Waals surface area contributed by atoms with Gasteiger partial charge in [-0.05, 0) is 35.2 Å². The van der Waals surface area contributed by atoms with Crippen molar-refractivity contribution in [1.82, 2.24) is 15.2 Å². The molecule has 1 aromatic heterocycles. The van der Waals surface area contributed by atoms with Gasteiger partial charge in [-0.1, -0.05) is 12.1 Å². The average molecular weight is 379 g/mol. The van der Waals surface area contributed by atoms with Gasteiger partial charge in [0.1, 0.15) is 6.04 Å². The minimum absolute atomic E-state index is 0.171. The molecule has 2 aromatic rings. The molecule has 2 aliphatic rings. The molecule has 4 N–H and O–H groups in total. The SMILES string of the molecule is NCc1ccncc1NCc1cccc2c1CN(C1CCC(=O)NC1=O)C2=O. The number of piperidine rings is 1. The number of carbonyl (C=O) groups is 3. The second-order valence-electron chi connectivity index (χ2n) is 6.93. The number of fused-ring (bicyclic) bond motifs is 1. The first-order chi connectivity index (χ1) is 13.6. The maximum absolute atomic E-state index is 12.9. The topological polar surface area (TPSA) is 117 Å². The number of carbonyl (C=O) groups excluding carboxylic acids is 3. The smallest absolute Gasteiger partial charge is 0.255 e. The predicted molar refractivity (Wildman–Crippen MR) is 102 cm³/mol. The molecular weight excluding hydrogens is 358 g/mol. The Morgan fingerprint density at radius 3 is 2.86 bits per heavy atom. The van der Waals surface area contributed by atoms with Gasteiger partial charge in [-0.25, -0.2) is 0 Å². The third kappa shape index (κ3) is 3.22. The van der Waals surface area contributed by atoms with E-state index in [-0.39, 0.29) is 18.2 Å². The van der Waals surface area contributed by atoms with Crippen molar-refractivity contribution in [3.8, 4) is 0 Å². The molecule has 0 aliphatic carbocycles. The number of rotatable bonds is 5. The van der Waals surface area contributed by atoms with Crippen LogP contribution in [0.2, 0.25) is 0 Å². The third-order valence-electron chi connectivity index (χ3n) is 5.28. The summed E-state index contributed by atoms with van der Waals surface area (Å²) >= 11 is 0. The number of hydrogen-bond acceptors (Lipinski definition) is 6. The Morgan fingerprint density at radius 2 is 2.07 bits per heavy atom. The number of benzene rings is 1. The fourth-order valence-corrected chi connectivity index (χ4v) is 3.77. The summed E-state index contributed by atoms with van der Waals surface area (Å²) < 4.78 is 0. The summed E-state index contributed by atoms with van der Waals surface area (Å²) in [7, 11) is 0. The fourth-order valence-electron chi connectivity index (χ4n) is 3.77. The van der Waals surface area contributed by atoms with Crippen LogP contribution in [0.5, 0.6) is 0 Å². The van der Waals surface area contributed by atoms with E-state index in [1.807, 2.05) is 18.2 Å². The lowest BCUT2D eigenvalue weighted by atomic mass is 10.0. The quantitative estimate of drug-likeness (QED) is 0.665. The Labute approximate surface area is 162 Å². The molecule has 0 saturated carbocycles. The van der Waals surface area contributed by atoms with Gasteiger partial charge < -0.3 is 16.0 Å². The van der Waals surface area contributed by atoms with E-state index in [1.54, 1.807) is 23.4 Å². The van der Waals surface area contributed by atoms with Crippen LogP contribution in [0, 0.1) is 0 Å². The van der Waals surface area contributed by atoms with Crippen molar-refractivity contribution in [2.45, 2.75) is 38.5 Å². The number of imide groups is 1. The molecular formula is C20H21N5O3. The number of aromatic nitrogens is 1. The van der Waals surface area contributed by atoms with Crippen molar-refractivity contribution in [2.24, 2.45) is 5.73 Å². The number of hydrogen-bond donors (Lipinski definition) is 3. The first kappa shape index (κ1) is 18.1. The zero-order valence-corrected chi connectivity index (χ0v) is 15.3. The molecule has 3 heterocycles. The molecule has 1 atom stereocenters. The van der Waals surface area contributed by atoms with E-state index >= 15 is 0 Å². The zero-order chi connectivity index (χ0) is 19.7. The van der Waals surface area contributed by atoms with Crippen LogP contribution in [0.4, 0.5) is 5.69 Å². The van der Waals surface area contributed by atoms with Crippen molar-refractivity contribution in [2.75, 3.05) is 5.32 Å². The van der Waals surface area contributed by atoms with Gasteiger partial charge in [0.05, 0.1) is 11.9 Å². The first-order valence-electron chi connectivity index (χ1n) is 9.20. The van der Waals surface area contributed by atoms with E-state index < -0.39 is 11.9 Å². The fraction of sp³-hybridized carbons (Fsp3) is 0.300. The highest BCUT2D eigenvalue weighted by atomic mass is 16.2. The van der Waals surface area contributed by atoms with Crippen molar-refractivity contribution in [3.63, 3.8) is 0 Å². The molecule has 2 aliphatic heterocycles. The summed E-state index contributed by atoms with van der Waals surface area (Å²) in [5.74, 6) is -0.863. The van der Waals surface area contributed by atoms with Crippen LogP contribution in [0.3, 0.4) is 0 Å². The van der Waals surface area contributed by atoms with Crippen LogP contribution >= 0.6 is 0 Å². The van der Waals surface area contributed by atoms with E-state index in [4.69, 9.17) is 5.73 Å². The molecule has 0 bridgehead atoms. The molecule has 1 aromatic carbocycles. The molecule has 0 spiro atoms. The Hall–Kier alpha value is -3.26. The van der Waals surface area contributed by atoms with Gasteiger partial charge in [0, 0.05) is 37.8 Å². The second-order valence-corrected chi connectivity index (χ2v) is 6.93. The number of nitrogens with one attached hydrogen (secondary N) is 2. The van der Waals surface area contributed by atoms with Gasteiger partial charge in [-0.2, -0.15) is 0 Å². The maximum Gasteiger partial charge on any atom is 0.255 e.